The van der Waals surface area contributed by atoms with Crippen molar-refractivity contribution in [3.05, 3.63) is 54.0 Å². The molecule has 34 heavy (non-hydrogen) atoms. The quantitative estimate of drug-likeness (QED) is 0.553. The molecule has 2 unspecified atom stereocenters. The number of benzene rings is 1. The minimum atomic E-state index is -1.30. The summed E-state index contributed by atoms with van der Waals surface area (Å²) < 4.78 is 22.0. The second kappa shape index (κ2) is 9.38. The molecule has 0 bridgehead atoms. The zero-order chi connectivity index (χ0) is 24.3. The fourth-order valence-corrected chi connectivity index (χ4v) is 3.23. The predicted octanol–water partition coefficient (Wildman–Crippen LogP) is 3.16. The average molecular weight is 468 g/mol. The zero-order valence-corrected chi connectivity index (χ0v) is 18.8. The van der Waals surface area contributed by atoms with Crippen LogP contribution >= 0.6 is 0 Å². The molecule has 2 N–H and O–H groups in total. The van der Waals surface area contributed by atoms with Crippen LogP contribution in [0.1, 0.15) is 38.3 Å². The summed E-state index contributed by atoms with van der Waals surface area (Å²) in [6, 6.07) is 9.60. The van der Waals surface area contributed by atoms with E-state index < -0.39 is 23.7 Å². The van der Waals surface area contributed by atoms with Gasteiger partial charge in [-0.05, 0) is 44.5 Å². The molecule has 178 valence electrons. The number of pyridine rings is 1. The SMILES string of the molecule is CC(C)(C)OC(=O)NC(Cc1nc(-c2cccc(C3COc4cccnc4O3)c2)no1)C(=O)O. The first-order chi connectivity index (χ1) is 16.2. The molecule has 3 aromatic rings. The first-order valence-corrected chi connectivity index (χ1v) is 10.6. The lowest BCUT2D eigenvalue weighted by Gasteiger charge is -2.25. The van der Waals surface area contributed by atoms with Gasteiger partial charge in [-0.15, -0.1) is 0 Å². The number of hydrogen-bond acceptors (Lipinski definition) is 9. The molecule has 0 fully saturated rings. The summed E-state index contributed by atoms with van der Waals surface area (Å²) in [5, 5.41) is 15.7. The van der Waals surface area contributed by atoms with Gasteiger partial charge in [0.15, 0.2) is 11.9 Å². The molecule has 4 rings (SSSR count). The highest BCUT2D eigenvalue weighted by Gasteiger charge is 2.27. The zero-order valence-electron chi connectivity index (χ0n) is 18.8. The fraction of sp³-hybridized carbons (Fsp3) is 0.348. The summed E-state index contributed by atoms with van der Waals surface area (Å²) in [6.07, 6.45) is 0.203. The maximum absolute atomic E-state index is 12.0. The van der Waals surface area contributed by atoms with Gasteiger partial charge in [0.25, 0.3) is 5.88 Å². The van der Waals surface area contributed by atoms with E-state index in [0.29, 0.717) is 23.8 Å². The summed E-state index contributed by atoms with van der Waals surface area (Å²) in [4.78, 5) is 32.0. The Labute approximate surface area is 195 Å². The number of aromatic nitrogens is 3. The molecular weight excluding hydrogens is 444 g/mol. The van der Waals surface area contributed by atoms with Crippen LogP contribution in [0.25, 0.3) is 11.4 Å². The number of ether oxygens (including phenoxy) is 3. The van der Waals surface area contributed by atoms with Crippen molar-refractivity contribution in [2.75, 3.05) is 6.61 Å². The van der Waals surface area contributed by atoms with Crippen LogP contribution < -0.4 is 14.8 Å². The van der Waals surface area contributed by atoms with Crippen LogP contribution in [-0.2, 0) is 16.0 Å². The van der Waals surface area contributed by atoms with Crippen molar-refractivity contribution < 1.29 is 33.4 Å². The van der Waals surface area contributed by atoms with Gasteiger partial charge in [0.1, 0.15) is 18.2 Å². The summed E-state index contributed by atoms with van der Waals surface area (Å²) in [7, 11) is 0. The number of nitrogens with one attached hydrogen (secondary N) is 1. The molecule has 0 saturated heterocycles. The summed E-state index contributed by atoms with van der Waals surface area (Å²) in [5.74, 6) is 0.0811. The number of carbonyl (C=O) groups excluding carboxylic acids is 1. The van der Waals surface area contributed by atoms with Crippen LogP contribution in [0.3, 0.4) is 0 Å². The molecule has 0 spiro atoms. The van der Waals surface area contributed by atoms with Crippen LogP contribution in [0, 0.1) is 0 Å². The first kappa shape index (κ1) is 23.0. The van der Waals surface area contributed by atoms with Crippen LogP contribution in [0.15, 0.2) is 47.1 Å². The normalized spacial score (nSPS) is 15.9. The molecule has 1 amide bonds. The van der Waals surface area contributed by atoms with Gasteiger partial charge in [-0.25, -0.2) is 14.6 Å². The standard InChI is InChI=1S/C23H24N4O7/c1-23(2,3)33-22(30)25-15(21(28)29)11-18-26-19(27-34-18)14-7-4-6-13(10-14)17-12-31-16-8-5-9-24-20(16)32-17/h4-10,15,17H,11-12H2,1-3H3,(H,25,30)(H,28,29). The topological polar surface area (TPSA) is 146 Å². The maximum atomic E-state index is 12.0. The van der Waals surface area contributed by atoms with E-state index >= 15 is 0 Å². The molecule has 1 aromatic carbocycles. The van der Waals surface area contributed by atoms with E-state index in [9.17, 15) is 14.7 Å². The van der Waals surface area contributed by atoms with Crippen molar-refractivity contribution in [1.82, 2.24) is 20.4 Å². The van der Waals surface area contributed by atoms with E-state index in [4.69, 9.17) is 18.7 Å². The van der Waals surface area contributed by atoms with Crippen LogP contribution in [-0.4, -0.2) is 50.5 Å². The van der Waals surface area contributed by atoms with Crippen molar-refractivity contribution in [2.45, 2.75) is 44.9 Å². The second-order valence-corrected chi connectivity index (χ2v) is 8.60. The molecule has 11 nitrogen and oxygen atoms in total. The fourth-order valence-electron chi connectivity index (χ4n) is 3.23. The Balaban J connectivity index is 1.46. The Morgan fingerprint density at radius 3 is 2.85 bits per heavy atom. The maximum Gasteiger partial charge on any atom is 0.408 e. The molecule has 1 aliphatic rings. The summed E-state index contributed by atoms with van der Waals surface area (Å²) in [5.41, 5.74) is 0.714. The average Bonchev–Trinajstić information content (AvgIpc) is 3.26. The monoisotopic (exact) mass is 468 g/mol. The number of carbonyl (C=O) groups is 2. The molecule has 0 aliphatic carbocycles. The van der Waals surface area contributed by atoms with E-state index in [1.54, 1.807) is 45.2 Å². The van der Waals surface area contributed by atoms with Crippen molar-refractivity contribution >= 4 is 12.1 Å². The molecular formula is C23H24N4O7. The van der Waals surface area contributed by atoms with Gasteiger partial charge in [-0.1, -0.05) is 23.4 Å². The van der Waals surface area contributed by atoms with Crippen LogP contribution in [0.4, 0.5) is 4.79 Å². The number of fused-ring (bicyclic) bond motifs is 1. The van der Waals surface area contributed by atoms with Crippen molar-refractivity contribution in [3.63, 3.8) is 0 Å². The Morgan fingerprint density at radius 1 is 1.26 bits per heavy atom. The minimum Gasteiger partial charge on any atom is -0.484 e. The van der Waals surface area contributed by atoms with E-state index in [1.807, 2.05) is 18.2 Å². The third kappa shape index (κ3) is 5.61. The van der Waals surface area contributed by atoms with Crippen molar-refractivity contribution in [1.29, 1.82) is 0 Å². The van der Waals surface area contributed by atoms with Crippen LogP contribution in [0.2, 0.25) is 0 Å². The highest BCUT2D eigenvalue weighted by Crippen LogP contribution is 2.34. The van der Waals surface area contributed by atoms with Gasteiger partial charge in [-0.2, -0.15) is 4.98 Å². The third-order valence-corrected chi connectivity index (χ3v) is 4.73. The summed E-state index contributed by atoms with van der Waals surface area (Å²) in [6.45, 7) is 5.36. The number of rotatable bonds is 6. The highest BCUT2D eigenvalue weighted by atomic mass is 16.6. The molecule has 11 heteroatoms. The molecule has 1 aliphatic heterocycles. The van der Waals surface area contributed by atoms with E-state index in [0.717, 1.165) is 5.56 Å². The van der Waals surface area contributed by atoms with Gasteiger partial charge < -0.3 is 29.2 Å². The Bertz CT molecular complexity index is 1190. The molecule has 2 aromatic heterocycles. The first-order valence-electron chi connectivity index (χ1n) is 10.6. The number of hydrogen-bond donors (Lipinski definition) is 2. The summed E-state index contributed by atoms with van der Waals surface area (Å²) >= 11 is 0. The molecule has 3 heterocycles. The second-order valence-electron chi connectivity index (χ2n) is 8.60. The van der Waals surface area contributed by atoms with Crippen molar-refractivity contribution in [3.8, 4) is 23.0 Å². The van der Waals surface area contributed by atoms with E-state index in [1.165, 1.54) is 0 Å². The van der Waals surface area contributed by atoms with Gasteiger partial charge in [0.2, 0.25) is 11.7 Å². The number of alkyl carbamates (subject to hydrolysis) is 1. The predicted molar refractivity (Wildman–Crippen MR) is 117 cm³/mol. The smallest absolute Gasteiger partial charge is 0.408 e. The van der Waals surface area contributed by atoms with Gasteiger partial charge in [0.05, 0.1) is 6.42 Å². The molecule has 0 saturated carbocycles. The minimum absolute atomic E-state index is 0.0549. The lowest BCUT2D eigenvalue weighted by Crippen LogP contribution is -2.44. The Hall–Kier alpha value is -4.15. The number of amides is 1. The van der Waals surface area contributed by atoms with E-state index in [2.05, 4.69) is 20.4 Å². The molecule has 0 radical (unpaired) electrons. The lowest BCUT2D eigenvalue weighted by atomic mass is 10.1. The van der Waals surface area contributed by atoms with Gasteiger partial charge in [0, 0.05) is 11.8 Å². The Kier molecular flexibility index (Phi) is 6.35. The number of nitrogens with zero attached hydrogens (tertiary/aromatic N) is 3. The Morgan fingerprint density at radius 2 is 2.09 bits per heavy atom. The van der Waals surface area contributed by atoms with Gasteiger partial charge >= 0.3 is 12.1 Å². The highest BCUT2D eigenvalue weighted by molar-refractivity contribution is 5.80. The molecule has 2 atom stereocenters. The van der Waals surface area contributed by atoms with E-state index in [-0.39, 0.29) is 24.2 Å². The largest absolute Gasteiger partial charge is 0.484 e. The van der Waals surface area contributed by atoms with Crippen molar-refractivity contribution in [2.24, 2.45) is 0 Å². The van der Waals surface area contributed by atoms with Crippen LogP contribution in [0.5, 0.6) is 11.6 Å². The number of aliphatic carboxylic acids is 1. The number of carboxylic acid groups (broad SMARTS) is 1. The third-order valence-electron chi connectivity index (χ3n) is 4.73. The lowest BCUT2D eigenvalue weighted by molar-refractivity contribution is -0.139. The van der Waals surface area contributed by atoms with Gasteiger partial charge in [-0.3, -0.25) is 0 Å². The number of carboxylic acids is 1.